The SMILES string of the molecule is COCCNC(=O)C1CC(C(=O)CCc2ccccc2)=NN1. The van der Waals surface area contributed by atoms with Gasteiger partial charge >= 0.3 is 0 Å². The molecule has 1 aromatic carbocycles. The fraction of sp³-hybridized carbons (Fsp3) is 0.438. The standard InChI is InChI=1S/C16H21N3O3/c1-22-10-9-17-16(21)14-11-13(18-19-14)15(20)8-7-12-5-3-2-4-6-12/h2-6,14,19H,7-11H2,1H3,(H,17,21). The maximum atomic E-state index is 12.1. The van der Waals surface area contributed by atoms with Crippen LogP contribution in [0.25, 0.3) is 0 Å². The van der Waals surface area contributed by atoms with Gasteiger partial charge in [-0.05, 0) is 12.0 Å². The first kappa shape index (κ1) is 16.2. The Balaban J connectivity index is 1.75. The number of ether oxygens (including phenoxy) is 1. The van der Waals surface area contributed by atoms with Crippen molar-refractivity contribution in [1.29, 1.82) is 0 Å². The molecule has 2 N–H and O–H groups in total. The first-order valence-electron chi connectivity index (χ1n) is 7.36. The highest BCUT2D eigenvalue weighted by Crippen LogP contribution is 2.09. The molecule has 1 heterocycles. The van der Waals surface area contributed by atoms with Crippen molar-refractivity contribution in [3.8, 4) is 0 Å². The quantitative estimate of drug-likeness (QED) is 0.692. The molecule has 1 aliphatic rings. The molecule has 0 saturated heterocycles. The lowest BCUT2D eigenvalue weighted by atomic mass is 10.0. The summed E-state index contributed by atoms with van der Waals surface area (Å²) in [5, 5.41) is 6.74. The Hall–Kier alpha value is -2.21. The number of carbonyl (C=O) groups excluding carboxylic acids is 2. The summed E-state index contributed by atoms with van der Waals surface area (Å²) in [6, 6.07) is 9.38. The molecule has 0 aromatic heterocycles. The highest BCUT2D eigenvalue weighted by molar-refractivity contribution is 6.40. The van der Waals surface area contributed by atoms with Crippen molar-refractivity contribution in [1.82, 2.24) is 10.7 Å². The van der Waals surface area contributed by atoms with E-state index in [4.69, 9.17) is 4.74 Å². The molecule has 22 heavy (non-hydrogen) atoms. The van der Waals surface area contributed by atoms with Crippen LogP contribution in [0.4, 0.5) is 0 Å². The van der Waals surface area contributed by atoms with E-state index in [9.17, 15) is 9.59 Å². The summed E-state index contributed by atoms with van der Waals surface area (Å²) in [5.41, 5.74) is 4.30. The highest BCUT2D eigenvalue weighted by Gasteiger charge is 2.28. The van der Waals surface area contributed by atoms with Crippen molar-refractivity contribution in [2.75, 3.05) is 20.3 Å². The van der Waals surface area contributed by atoms with E-state index in [-0.39, 0.29) is 11.7 Å². The van der Waals surface area contributed by atoms with Crippen LogP contribution in [0.5, 0.6) is 0 Å². The Morgan fingerprint density at radius 2 is 2.14 bits per heavy atom. The number of Topliss-reactive ketones (excluding diaryl/α,β-unsaturated/α-hetero) is 1. The smallest absolute Gasteiger partial charge is 0.244 e. The summed E-state index contributed by atoms with van der Waals surface area (Å²) in [5.74, 6) is -0.171. The first-order valence-corrected chi connectivity index (χ1v) is 7.36. The largest absolute Gasteiger partial charge is 0.383 e. The third kappa shape index (κ3) is 4.66. The van der Waals surface area contributed by atoms with Crippen molar-refractivity contribution in [2.24, 2.45) is 5.10 Å². The lowest BCUT2D eigenvalue weighted by Gasteiger charge is -2.10. The van der Waals surface area contributed by atoms with Crippen LogP contribution in [0, 0.1) is 0 Å². The predicted molar refractivity (Wildman–Crippen MR) is 83.6 cm³/mol. The number of amides is 1. The molecule has 118 valence electrons. The van der Waals surface area contributed by atoms with Crippen LogP contribution < -0.4 is 10.7 Å². The summed E-state index contributed by atoms with van der Waals surface area (Å²) >= 11 is 0. The van der Waals surface area contributed by atoms with Gasteiger partial charge in [0.15, 0.2) is 5.78 Å². The van der Waals surface area contributed by atoms with Crippen LogP contribution in [-0.4, -0.2) is 43.7 Å². The van der Waals surface area contributed by atoms with E-state index in [2.05, 4.69) is 15.8 Å². The highest BCUT2D eigenvalue weighted by atomic mass is 16.5. The third-order valence-corrected chi connectivity index (χ3v) is 3.48. The van der Waals surface area contributed by atoms with Gasteiger partial charge in [0.05, 0.1) is 6.61 Å². The number of hydrogen-bond acceptors (Lipinski definition) is 5. The minimum Gasteiger partial charge on any atom is -0.383 e. The molecule has 0 aliphatic carbocycles. The fourth-order valence-corrected chi connectivity index (χ4v) is 2.21. The zero-order chi connectivity index (χ0) is 15.8. The molecule has 1 aromatic rings. The molecular weight excluding hydrogens is 282 g/mol. The van der Waals surface area contributed by atoms with Gasteiger partial charge in [0, 0.05) is 26.5 Å². The van der Waals surface area contributed by atoms with E-state index in [1.54, 1.807) is 7.11 Å². The maximum Gasteiger partial charge on any atom is 0.244 e. The Kier molecular flexibility index (Phi) is 6.09. The van der Waals surface area contributed by atoms with Crippen molar-refractivity contribution >= 4 is 17.4 Å². The second-order valence-corrected chi connectivity index (χ2v) is 5.14. The number of methoxy groups -OCH3 is 1. The Bertz CT molecular complexity index is 543. The van der Waals surface area contributed by atoms with Gasteiger partial charge in [0.1, 0.15) is 11.8 Å². The molecule has 0 fully saturated rings. The summed E-state index contributed by atoms with van der Waals surface area (Å²) in [6.07, 6.45) is 1.43. The van der Waals surface area contributed by atoms with Crippen molar-refractivity contribution in [2.45, 2.75) is 25.3 Å². The number of nitrogens with one attached hydrogen (secondary N) is 2. The van der Waals surface area contributed by atoms with Gasteiger partial charge in [0.2, 0.25) is 5.91 Å². The monoisotopic (exact) mass is 303 g/mol. The van der Waals surface area contributed by atoms with E-state index in [0.29, 0.717) is 38.1 Å². The molecule has 6 nitrogen and oxygen atoms in total. The van der Waals surface area contributed by atoms with Gasteiger partial charge in [-0.2, -0.15) is 5.10 Å². The zero-order valence-corrected chi connectivity index (χ0v) is 12.7. The molecular formula is C16H21N3O3. The molecule has 1 amide bonds. The van der Waals surface area contributed by atoms with Crippen LogP contribution in [0.2, 0.25) is 0 Å². The zero-order valence-electron chi connectivity index (χ0n) is 12.7. The normalized spacial score (nSPS) is 16.8. The number of nitrogens with zero attached hydrogens (tertiary/aromatic N) is 1. The molecule has 6 heteroatoms. The van der Waals surface area contributed by atoms with Gasteiger partial charge in [-0.25, -0.2) is 0 Å². The minimum absolute atomic E-state index is 0.0106. The molecule has 0 spiro atoms. The summed E-state index contributed by atoms with van der Waals surface area (Å²) in [6.45, 7) is 0.910. The number of ketones is 1. The average Bonchev–Trinajstić information content (AvgIpc) is 3.04. The number of carbonyl (C=O) groups is 2. The van der Waals surface area contributed by atoms with Crippen molar-refractivity contribution in [3.63, 3.8) is 0 Å². The van der Waals surface area contributed by atoms with Crippen molar-refractivity contribution in [3.05, 3.63) is 35.9 Å². The predicted octanol–water partition coefficient (Wildman–Crippen LogP) is 0.669. The van der Waals surface area contributed by atoms with Gasteiger partial charge in [0.25, 0.3) is 0 Å². The third-order valence-electron chi connectivity index (χ3n) is 3.48. The van der Waals surface area contributed by atoms with Gasteiger partial charge in [-0.1, -0.05) is 30.3 Å². The lowest BCUT2D eigenvalue weighted by Crippen LogP contribution is -2.41. The number of rotatable bonds is 8. The number of hydrazone groups is 1. The fourth-order valence-electron chi connectivity index (χ4n) is 2.21. The number of benzene rings is 1. The number of hydrogen-bond donors (Lipinski definition) is 2. The van der Waals surface area contributed by atoms with Crippen LogP contribution in [-0.2, 0) is 20.7 Å². The maximum absolute atomic E-state index is 12.1. The molecule has 0 saturated carbocycles. The Labute approximate surface area is 129 Å². The Morgan fingerprint density at radius 1 is 1.36 bits per heavy atom. The molecule has 1 unspecified atom stereocenters. The van der Waals surface area contributed by atoms with Gasteiger partial charge < -0.3 is 10.1 Å². The lowest BCUT2D eigenvalue weighted by molar-refractivity contribution is -0.122. The second-order valence-electron chi connectivity index (χ2n) is 5.14. The molecule has 2 rings (SSSR count). The molecule has 0 radical (unpaired) electrons. The van der Waals surface area contributed by atoms with E-state index in [1.807, 2.05) is 30.3 Å². The minimum atomic E-state index is -0.465. The van der Waals surface area contributed by atoms with Crippen LogP contribution >= 0.6 is 0 Å². The Morgan fingerprint density at radius 3 is 2.86 bits per heavy atom. The summed E-state index contributed by atoms with van der Waals surface area (Å²) in [7, 11) is 1.58. The average molecular weight is 303 g/mol. The molecule has 1 aliphatic heterocycles. The van der Waals surface area contributed by atoms with Crippen LogP contribution in [0.15, 0.2) is 35.4 Å². The van der Waals surface area contributed by atoms with Gasteiger partial charge in [-0.15, -0.1) is 0 Å². The topological polar surface area (TPSA) is 79.8 Å². The van der Waals surface area contributed by atoms with Crippen LogP contribution in [0.1, 0.15) is 18.4 Å². The second kappa shape index (κ2) is 8.29. The van der Waals surface area contributed by atoms with Gasteiger partial charge in [-0.3, -0.25) is 15.0 Å². The molecule has 1 atom stereocenters. The summed E-state index contributed by atoms with van der Waals surface area (Å²) in [4.78, 5) is 24.0. The number of aryl methyl sites for hydroxylation is 1. The van der Waals surface area contributed by atoms with E-state index in [0.717, 1.165) is 5.56 Å². The van der Waals surface area contributed by atoms with E-state index in [1.165, 1.54) is 0 Å². The summed E-state index contributed by atoms with van der Waals surface area (Å²) < 4.78 is 4.87. The first-order chi connectivity index (χ1) is 10.7. The molecule has 0 bridgehead atoms. The van der Waals surface area contributed by atoms with E-state index >= 15 is 0 Å². The van der Waals surface area contributed by atoms with Crippen molar-refractivity contribution < 1.29 is 14.3 Å². The van der Waals surface area contributed by atoms with E-state index < -0.39 is 6.04 Å². The van der Waals surface area contributed by atoms with Crippen LogP contribution in [0.3, 0.4) is 0 Å².